The van der Waals surface area contributed by atoms with Gasteiger partial charge in [0.05, 0.1) is 17.8 Å². The van der Waals surface area contributed by atoms with Crippen LogP contribution in [0.5, 0.6) is 5.75 Å². The standard InChI is InChI=1S/C21H28BrN7O/c1-30-18-9-8-16(14-17(18)22)15-23-27-19-24-20(28-10-4-2-5-11-28)26-21(25-19)29-12-6-3-7-13-29/h8-9,14-15H,2-7,10-13H2,1H3,(H,24,25,26,27)/b23-15+. The van der Waals surface area contributed by atoms with Crippen molar-refractivity contribution in [2.24, 2.45) is 5.10 Å². The molecule has 0 saturated carbocycles. The van der Waals surface area contributed by atoms with Gasteiger partial charge in [0.1, 0.15) is 5.75 Å². The van der Waals surface area contributed by atoms with E-state index in [0.717, 1.165) is 53.9 Å². The van der Waals surface area contributed by atoms with Gasteiger partial charge in [-0.2, -0.15) is 20.1 Å². The molecule has 2 saturated heterocycles. The number of benzene rings is 1. The Morgan fingerprint density at radius 3 is 2.07 bits per heavy atom. The van der Waals surface area contributed by atoms with Crippen LogP contribution in [0.1, 0.15) is 44.1 Å². The second-order valence-corrected chi connectivity index (χ2v) is 8.47. The highest BCUT2D eigenvalue weighted by Gasteiger charge is 2.20. The zero-order chi connectivity index (χ0) is 20.8. The monoisotopic (exact) mass is 473 g/mol. The Bertz CT molecular complexity index is 843. The molecular weight excluding hydrogens is 446 g/mol. The van der Waals surface area contributed by atoms with Crippen molar-refractivity contribution in [1.82, 2.24) is 15.0 Å². The number of rotatable bonds is 6. The summed E-state index contributed by atoms with van der Waals surface area (Å²) >= 11 is 3.50. The van der Waals surface area contributed by atoms with E-state index in [4.69, 9.17) is 9.72 Å². The van der Waals surface area contributed by atoms with Gasteiger partial charge in [-0.1, -0.05) is 0 Å². The van der Waals surface area contributed by atoms with E-state index in [2.05, 4.69) is 46.2 Å². The molecule has 2 aliphatic heterocycles. The summed E-state index contributed by atoms with van der Waals surface area (Å²) in [4.78, 5) is 18.6. The molecule has 8 nitrogen and oxygen atoms in total. The van der Waals surface area contributed by atoms with E-state index >= 15 is 0 Å². The number of nitrogens with one attached hydrogen (secondary N) is 1. The third-order valence-electron chi connectivity index (χ3n) is 5.44. The molecule has 2 fully saturated rings. The lowest BCUT2D eigenvalue weighted by Crippen LogP contribution is -2.34. The summed E-state index contributed by atoms with van der Waals surface area (Å²) in [5, 5.41) is 4.35. The van der Waals surface area contributed by atoms with Gasteiger partial charge >= 0.3 is 0 Å². The van der Waals surface area contributed by atoms with Crippen molar-refractivity contribution in [3.63, 3.8) is 0 Å². The van der Waals surface area contributed by atoms with Crippen LogP contribution < -0.4 is 20.0 Å². The maximum atomic E-state index is 5.27. The van der Waals surface area contributed by atoms with Gasteiger partial charge in [-0.3, -0.25) is 0 Å². The molecule has 4 rings (SSSR count). The number of halogens is 1. The molecule has 0 atom stereocenters. The minimum atomic E-state index is 0.481. The van der Waals surface area contributed by atoms with Crippen molar-refractivity contribution in [2.45, 2.75) is 38.5 Å². The van der Waals surface area contributed by atoms with Gasteiger partial charge in [-0.15, -0.1) is 0 Å². The van der Waals surface area contributed by atoms with Gasteiger partial charge in [-0.25, -0.2) is 5.43 Å². The molecule has 1 N–H and O–H groups in total. The average Bonchev–Trinajstić information content (AvgIpc) is 2.80. The number of aromatic nitrogens is 3. The molecule has 2 aromatic rings. The molecule has 9 heteroatoms. The number of hydrogen-bond acceptors (Lipinski definition) is 8. The molecule has 3 heterocycles. The van der Waals surface area contributed by atoms with E-state index in [0.29, 0.717) is 5.95 Å². The van der Waals surface area contributed by atoms with E-state index in [-0.39, 0.29) is 0 Å². The van der Waals surface area contributed by atoms with Crippen LogP contribution in [0, 0.1) is 0 Å². The second-order valence-electron chi connectivity index (χ2n) is 7.62. The summed E-state index contributed by atoms with van der Waals surface area (Å²) < 4.78 is 6.16. The number of nitrogens with zero attached hydrogens (tertiary/aromatic N) is 6. The molecule has 1 aromatic heterocycles. The van der Waals surface area contributed by atoms with Crippen LogP contribution >= 0.6 is 15.9 Å². The van der Waals surface area contributed by atoms with Crippen LogP contribution in [-0.4, -0.2) is 54.5 Å². The zero-order valence-corrected chi connectivity index (χ0v) is 18.9. The normalized spacial score (nSPS) is 17.4. The third-order valence-corrected chi connectivity index (χ3v) is 6.06. The van der Waals surface area contributed by atoms with Crippen molar-refractivity contribution in [3.05, 3.63) is 28.2 Å². The molecule has 0 bridgehead atoms. The minimum absolute atomic E-state index is 0.481. The maximum absolute atomic E-state index is 5.27. The first-order chi connectivity index (χ1) is 14.7. The maximum Gasteiger partial charge on any atom is 0.250 e. The van der Waals surface area contributed by atoms with Crippen molar-refractivity contribution >= 4 is 40.0 Å². The molecular formula is C21H28BrN7O. The molecule has 160 valence electrons. The van der Waals surface area contributed by atoms with E-state index < -0.39 is 0 Å². The van der Waals surface area contributed by atoms with Crippen molar-refractivity contribution in [1.29, 1.82) is 0 Å². The van der Waals surface area contributed by atoms with Crippen LogP contribution in [0.4, 0.5) is 17.8 Å². The summed E-state index contributed by atoms with van der Waals surface area (Å²) in [5.74, 6) is 2.76. The van der Waals surface area contributed by atoms with Gasteiger partial charge in [0.25, 0.3) is 0 Å². The van der Waals surface area contributed by atoms with Crippen LogP contribution in [0.15, 0.2) is 27.8 Å². The minimum Gasteiger partial charge on any atom is -0.496 e. The predicted molar refractivity (Wildman–Crippen MR) is 124 cm³/mol. The quantitative estimate of drug-likeness (QED) is 0.500. The largest absolute Gasteiger partial charge is 0.496 e. The van der Waals surface area contributed by atoms with Crippen molar-refractivity contribution in [3.8, 4) is 5.75 Å². The Morgan fingerprint density at radius 1 is 0.933 bits per heavy atom. The Morgan fingerprint density at radius 2 is 1.53 bits per heavy atom. The lowest BCUT2D eigenvalue weighted by atomic mass is 10.1. The molecule has 0 unspecified atom stereocenters. The van der Waals surface area contributed by atoms with E-state index in [9.17, 15) is 0 Å². The molecule has 30 heavy (non-hydrogen) atoms. The number of anilines is 3. The fourth-order valence-electron chi connectivity index (χ4n) is 3.80. The Kier molecular flexibility index (Phi) is 6.99. The average molecular weight is 474 g/mol. The van der Waals surface area contributed by atoms with Crippen molar-refractivity contribution < 1.29 is 4.74 Å². The first kappa shape index (κ1) is 20.8. The predicted octanol–water partition coefficient (Wildman–Crippen LogP) is 4.07. The SMILES string of the molecule is COc1ccc(/C=N/Nc2nc(N3CCCCC3)nc(N3CCCCC3)n2)cc1Br. The number of hydrogen-bond donors (Lipinski definition) is 1. The summed E-state index contributed by atoms with van der Waals surface area (Å²) in [7, 11) is 1.65. The molecule has 1 aromatic carbocycles. The molecule has 0 spiro atoms. The summed E-state index contributed by atoms with van der Waals surface area (Å²) in [6, 6.07) is 5.80. The molecule has 0 radical (unpaired) electrons. The smallest absolute Gasteiger partial charge is 0.250 e. The molecule has 2 aliphatic rings. The topological polar surface area (TPSA) is 78.8 Å². The van der Waals surface area contributed by atoms with E-state index in [1.165, 1.54) is 38.5 Å². The first-order valence-corrected chi connectivity index (χ1v) is 11.4. The first-order valence-electron chi connectivity index (χ1n) is 10.6. The van der Waals surface area contributed by atoms with Crippen molar-refractivity contribution in [2.75, 3.05) is 48.5 Å². The fraction of sp³-hybridized carbons (Fsp3) is 0.524. The lowest BCUT2D eigenvalue weighted by molar-refractivity contribution is 0.412. The summed E-state index contributed by atoms with van der Waals surface area (Å²) in [5.41, 5.74) is 3.95. The number of ether oxygens (including phenoxy) is 1. The van der Waals surface area contributed by atoms with Crippen LogP contribution in [0.25, 0.3) is 0 Å². The van der Waals surface area contributed by atoms with Crippen LogP contribution in [-0.2, 0) is 0 Å². The number of piperidine rings is 2. The van der Waals surface area contributed by atoms with Gasteiger partial charge in [0.15, 0.2) is 0 Å². The lowest BCUT2D eigenvalue weighted by Gasteiger charge is -2.30. The Labute approximate surface area is 185 Å². The van der Waals surface area contributed by atoms with E-state index in [1.54, 1.807) is 13.3 Å². The van der Waals surface area contributed by atoms with E-state index in [1.807, 2.05) is 18.2 Å². The van der Waals surface area contributed by atoms with Gasteiger partial charge in [0.2, 0.25) is 17.8 Å². The second kappa shape index (κ2) is 10.1. The van der Waals surface area contributed by atoms with Gasteiger partial charge in [-0.05, 0) is 78.2 Å². The zero-order valence-electron chi connectivity index (χ0n) is 17.3. The molecule has 0 aliphatic carbocycles. The third kappa shape index (κ3) is 5.19. The fourth-order valence-corrected chi connectivity index (χ4v) is 4.36. The Hall–Kier alpha value is -2.42. The van der Waals surface area contributed by atoms with Gasteiger partial charge in [0, 0.05) is 26.2 Å². The molecule has 0 amide bonds. The number of hydrazone groups is 1. The van der Waals surface area contributed by atoms with Crippen LogP contribution in [0.3, 0.4) is 0 Å². The Balaban J connectivity index is 1.53. The highest BCUT2D eigenvalue weighted by atomic mass is 79.9. The summed E-state index contributed by atoms with van der Waals surface area (Å²) in [6.45, 7) is 3.97. The number of methoxy groups -OCH3 is 1. The van der Waals surface area contributed by atoms with Gasteiger partial charge < -0.3 is 14.5 Å². The van der Waals surface area contributed by atoms with Crippen LogP contribution in [0.2, 0.25) is 0 Å². The highest BCUT2D eigenvalue weighted by molar-refractivity contribution is 9.10. The summed E-state index contributed by atoms with van der Waals surface area (Å²) in [6.07, 6.45) is 9.00. The highest BCUT2D eigenvalue weighted by Crippen LogP contribution is 2.25.